The second-order valence-electron chi connectivity index (χ2n) is 6.43. The maximum Gasteiger partial charge on any atom is 0.230 e. The van der Waals surface area contributed by atoms with Crippen LogP contribution in [-0.4, -0.2) is 31.2 Å². The summed E-state index contributed by atoms with van der Waals surface area (Å²) in [6.07, 6.45) is 2.93. The molecular formula is C18H28Cl2N2O2. The van der Waals surface area contributed by atoms with Crippen LogP contribution in [0.2, 0.25) is 5.02 Å². The maximum absolute atomic E-state index is 13.1. The van der Waals surface area contributed by atoms with E-state index in [1.54, 1.807) is 0 Å². The van der Waals surface area contributed by atoms with Crippen LogP contribution in [0.25, 0.3) is 0 Å². The normalized spacial score (nSPS) is 17.0. The zero-order valence-corrected chi connectivity index (χ0v) is 16.0. The molecule has 0 bridgehead atoms. The molecule has 1 aromatic carbocycles. The first-order valence-electron chi connectivity index (χ1n) is 8.37. The van der Waals surface area contributed by atoms with Crippen molar-refractivity contribution in [3.05, 3.63) is 34.9 Å². The van der Waals surface area contributed by atoms with E-state index in [2.05, 4.69) is 5.32 Å². The first-order chi connectivity index (χ1) is 11.0. The van der Waals surface area contributed by atoms with Crippen molar-refractivity contribution in [2.75, 3.05) is 19.8 Å². The Morgan fingerprint density at radius 1 is 1.29 bits per heavy atom. The van der Waals surface area contributed by atoms with Crippen molar-refractivity contribution in [1.82, 2.24) is 5.32 Å². The van der Waals surface area contributed by atoms with Gasteiger partial charge in [0.05, 0.1) is 5.41 Å². The first kappa shape index (κ1) is 21.2. The molecule has 24 heavy (non-hydrogen) atoms. The van der Waals surface area contributed by atoms with E-state index in [0.29, 0.717) is 37.6 Å². The zero-order chi connectivity index (χ0) is 16.9. The Morgan fingerprint density at radius 2 is 1.88 bits per heavy atom. The molecule has 6 heteroatoms. The molecule has 3 N–H and O–H groups in total. The standard InChI is InChI=1S/C18H27ClN2O2.ClH/c1-3-17(20,4-2)13-21-16(22)18(9-11-23-12-10-18)14-7-5-6-8-15(14)19;/h5-8H,3-4,9-13,20H2,1-2H3,(H,21,22);1H. The molecule has 0 saturated carbocycles. The Bertz CT molecular complexity index is 542. The smallest absolute Gasteiger partial charge is 0.230 e. The van der Waals surface area contributed by atoms with Gasteiger partial charge in [-0.2, -0.15) is 0 Å². The highest BCUT2D eigenvalue weighted by Crippen LogP contribution is 2.39. The van der Waals surface area contributed by atoms with Crippen molar-refractivity contribution >= 4 is 29.9 Å². The van der Waals surface area contributed by atoms with Crippen LogP contribution in [0, 0.1) is 0 Å². The molecule has 2 rings (SSSR count). The molecule has 0 spiro atoms. The number of halogens is 2. The average Bonchev–Trinajstić information content (AvgIpc) is 2.60. The minimum Gasteiger partial charge on any atom is -0.381 e. The van der Waals surface area contributed by atoms with Crippen molar-refractivity contribution in [2.24, 2.45) is 5.73 Å². The predicted octanol–water partition coefficient (Wildman–Crippen LogP) is 3.44. The molecule has 0 atom stereocenters. The quantitative estimate of drug-likeness (QED) is 0.801. The summed E-state index contributed by atoms with van der Waals surface area (Å²) in [5.74, 6) is 0.00521. The fourth-order valence-electron chi connectivity index (χ4n) is 3.11. The van der Waals surface area contributed by atoms with Gasteiger partial charge in [-0.3, -0.25) is 4.79 Å². The molecule has 1 aliphatic rings. The lowest BCUT2D eigenvalue weighted by Gasteiger charge is -2.38. The number of hydrogen-bond acceptors (Lipinski definition) is 3. The van der Waals surface area contributed by atoms with E-state index < -0.39 is 5.41 Å². The van der Waals surface area contributed by atoms with E-state index in [-0.39, 0.29) is 23.9 Å². The van der Waals surface area contributed by atoms with Crippen LogP contribution < -0.4 is 11.1 Å². The molecule has 1 saturated heterocycles. The summed E-state index contributed by atoms with van der Waals surface area (Å²) in [4.78, 5) is 13.1. The molecule has 1 amide bonds. The van der Waals surface area contributed by atoms with Gasteiger partial charge in [0.15, 0.2) is 0 Å². The number of carbonyl (C=O) groups is 1. The Kier molecular flexibility index (Phi) is 8.00. The van der Waals surface area contributed by atoms with Crippen LogP contribution in [0.3, 0.4) is 0 Å². The predicted molar refractivity (Wildman–Crippen MR) is 101 cm³/mol. The van der Waals surface area contributed by atoms with Gasteiger partial charge in [0.2, 0.25) is 5.91 Å². The van der Waals surface area contributed by atoms with Gasteiger partial charge >= 0.3 is 0 Å². The lowest BCUT2D eigenvalue weighted by Crippen LogP contribution is -2.54. The van der Waals surface area contributed by atoms with E-state index in [1.165, 1.54) is 0 Å². The number of ether oxygens (including phenoxy) is 1. The van der Waals surface area contributed by atoms with E-state index in [9.17, 15) is 4.79 Å². The maximum atomic E-state index is 13.1. The lowest BCUT2D eigenvalue weighted by molar-refractivity contribution is -0.130. The topological polar surface area (TPSA) is 64.3 Å². The largest absolute Gasteiger partial charge is 0.381 e. The number of nitrogens with two attached hydrogens (primary N) is 1. The van der Waals surface area contributed by atoms with Gasteiger partial charge in [0.25, 0.3) is 0 Å². The van der Waals surface area contributed by atoms with Crippen LogP contribution in [0.15, 0.2) is 24.3 Å². The zero-order valence-electron chi connectivity index (χ0n) is 14.4. The molecule has 1 aliphatic heterocycles. The van der Waals surface area contributed by atoms with Gasteiger partial charge in [0.1, 0.15) is 0 Å². The van der Waals surface area contributed by atoms with Crippen molar-refractivity contribution in [3.8, 4) is 0 Å². The highest BCUT2D eigenvalue weighted by atomic mass is 35.5. The van der Waals surface area contributed by atoms with Gasteiger partial charge < -0.3 is 15.8 Å². The van der Waals surface area contributed by atoms with Gasteiger partial charge in [0, 0.05) is 30.3 Å². The Hall–Kier alpha value is -0.810. The van der Waals surface area contributed by atoms with Gasteiger partial charge in [-0.15, -0.1) is 12.4 Å². The summed E-state index contributed by atoms with van der Waals surface area (Å²) in [5, 5.41) is 3.72. The number of nitrogens with one attached hydrogen (secondary N) is 1. The summed E-state index contributed by atoms with van der Waals surface area (Å²) in [7, 11) is 0. The molecule has 4 nitrogen and oxygen atoms in total. The molecule has 1 fully saturated rings. The Balaban J connectivity index is 0.00000288. The summed E-state index contributed by atoms with van der Waals surface area (Å²) in [5.41, 5.74) is 6.22. The van der Waals surface area contributed by atoms with Gasteiger partial charge in [-0.05, 0) is 37.3 Å². The molecule has 0 aromatic heterocycles. The van der Waals surface area contributed by atoms with Crippen molar-refractivity contribution in [2.45, 2.75) is 50.5 Å². The number of rotatable bonds is 6. The Labute approximate surface area is 155 Å². The van der Waals surface area contributed by atoms with Crippen LogP contribution >= 0.6 is 24.0 Å². The van der Waals surface area contributed by atoms with Crippen molar-refractivity contribution < 1.29 is 9.53 Å². The minimum atomic E-state index is -0.626. The SMILES string of the molecule is CCC(N)(CC)CNC(=O)C1(c2ccccc2Cl)CCOCC1.Cl. The Morgan fingerprint density at radius 3 is 2.42 bits per heavy atom. The second kappa shape index (κ2) is 9.04. The number of hydrogen-bond donors (Lipinski definition) is 2. The molecule has 0 radical (unpaired) electrons. The number of benzene rings is 1. The number of amides is 1. The third kappa shape index (κ3) is 4.42. The minimum absolute atomic E-state index is 0. The summed E-state index contributed by atoms with van der Waals surface area (Å²) in [6.45, 7) is 5.70. The summed E-state index contributed by atoms with van der Waals surface area (Å²) < 4.78 is 5.48. The molecule has 0 aliphatic carbocycles. The third-order valence-corrected chi connectivity index (χ3v) is 5.51. The lowest BCUT2D eigenvalue weighted by atomic mass is 9.73. The molecule has 1 heterocycles. The van der Waals surface area contributed by atoms with Gasteiger partial charge in [-0.25, -0.2) is 0 Å². The second-order valence-corrected chi connectivity index (χ2v) is 6.83. The summed E-state index contributed by atoms with van der Waals surface area (Å²) in [6, 6.07) is 7.60. The fourth-order valence-corrected chi connectivity index (χ4v) is 3.43. The third-order valence-electron chi connectivity index (χ3n) is 5.18. The van der Waals surface area contributed by atoms with Crippen LogP contribution in [0.1, 0.15) is 45.1 Å². The van der Waals surface area contributed by atoms with E-state index >= 15 is 0 Å². The van der Waals surface area contributed by atoms with Crippen molar-refractivity contribution in [3.63, 3.8) is 0 Å². The molecular weight excluding hydrogens is 347 g/mol. The summed E-state index contributed by atoms with van der Waals surface area (Å²) >= 11 is 6.39. The van der Waals surface area contributed by atoms with E-state index in [1.807, 2.05) is 38.1 Å². The monoisotopic (exact) mass is 374 g/mol. The van der Waals surface area contributed by atoms with Gasteiger partial charge in [-0.1, -0.05) is 43.6 Å². The van der Waals surface area contributed by atoms with E-state index in [0.717, 1.165) is 18.4 Å². The average molecular weight is 375 g/mol. The van der Waals surface area contributed by atoms with Crippen LogP contribution in [0.5, 0.6) is 0 Å². The molecule has 0 unspecified atom stereocenters. The van der Waals surface area contributed by atoms with Crippen molar-refractivity contribution in [1.29, 1.82) is 0 Å². The van der Waals surface area contributed by atoms with Crippen LogP contribution in [-0.2, 0) is 14.9 Å². The highest BCUT2D eigenvalue weighted by molar-refractivity contribution is 6.31. The van der Waals surface area contributed by atoms with Crippen LogP contribution in [0.4, 0.5) is 0 Å². The molecule has 136 valence electrons. The fraction of sp³-hybridized carbons (Fsp3) is 0.611. The highest BCUT2D eigenvalue weighted by Gasteiger charge is 2.43. The van der Waals surface area contributed by atoms with E-state index in [4.69, 9.17) is 22.1 Å². The molecule has 1 aromatic rings. The first-order valence-corrected chi connectivity index (χ1v) is 8.75. The number of carbonyl (C=O) groups excluding carboxylic acids is 1.